The summed E-state index contributed by atoms with van der Waals surface area (Å²) in [6.45, 7) is 4.37. The lowest BCUT2D eigenvalue weighted by Gasteiger charge is -2.12. The molecule has 0 aliphatic heterocycles. The van der Waals surface area contributed by atoms with Crippen molar-refractivity contribution >= 4 is 10.9 Å². The van der Waals surface area contributed by atoms with Gasteiger partial charge in [0.15, 0.2) is 0 Å². The first-order valence-electron chi connectivity index (χ1n) is 7.98. The van der Waals surface area contributed by atoms with Gasteiger partial charge in [-0.15, -0.1) is 0 Å². The van der Waals surface area contributed by atoms with E-state index in [4.69, 9.17) is 0 Å². The number of hydrogen-bond donors (Lipinski definition) is 0. The summed E-state index contributed by atoms with van der Waals surface area (Å²) in [6, 6.07) is 28.0. The first-order chi connectivity index (χ1) is 11.3. The van der Waals surface area contributed by atoms with E-state index in [9.17, 15) is 0 Å². The Hall–Kier alpha value is -2.80. The summed E-state index contributed by atoms with van der Waals surface area (Å²) in [5.41, 5.74) is 7.62. The molecule has 1 nitrogen and oxygen atoms in total. The molecule has 0 radical (unpaired) electrons. The number of hydrogen-bond acceptors (Lipinski definition) is 0. The average Bonchev–Trinajstić information content (AvgIpc) is 2.88. The lowest BCUT2D eigenvalue weighted by Crippen LogP contribution is -1.97. The van der Waals surface area contributed by atoms with Crippen LogP contribution in [-0.2, 0) is 0 Å². The molecule has 0 amide bonds. The molecule has 1 aromatic heterocycles. The highest BCUT2D eigenvalue weighted by Crippen LogP contribution is 2.36. The van der Waals surface area contributed by atoms with Crippen molar-refractivity contribution in [2.45, 2.75) is 13.8 Å². The number of rotatable bonds is 2. The van der Waals surface area contributed by atoms with E-state index in [2.05, 4.69) is 97.3 Å². The van der Waals surface area contributed by atoms with E-state index < -0.39 is 0 Å². The molecule has 0 saturated carbocycles. The van der Waals surface area contributed by atoms with Gasteiger partial charge in [0.25, 0.3) is 0 Å². The molecule has 0 atom stereocenters. The fraction of sp³-hybridized carbons (Fsp3) is 0.0909. The maximum absolute atomic E-state index is 2.38. The second-order valence-electron chi connectivity index (χ2n) is 6.03. The zero-order chi connectivity index (χ0) is 15.8. The van der Waals surface area contributed by atoms with E-state index in [0.29, 0.717) is 0 Å². The van der Waals surface area contributed by atoms with Gasteiger partial charge in [-0.1, -0.05) is 60.7 Å². The van der Waals surface area contributed by atoms with Gasteiger partial charge in [-0.05, 0) is 48.7 Å². The standard InChI is InChI=1S/C22H19N/c1-16-13-14-20-17(2)22(18-9-5-3-6-10-18)23(21(20)15-16)19-11-7-4-8-12-19/h3-15H,1-2H3. The van der Waals surface area contributed by atoms with Gasteiger partial charge in [-0.3, -0.25) is 0 Å². The van der Waals surface area contributed by atoms with Crippen LogP contribution in [0.1, 0.15) is 11.1 Å². The maximum atomic E-state index is 2.38. The van der Waals surface area contributed by atoms with Crippen molar-refractivity contribution in [3.05, 3.63) is 90.0 Å². The Morgan fingerprint density at radius 3 is 2.04 bits per heavy atom. The zero-order valence-corrected chi connectivity index (χ0v) is 13.5. The van der Waals surface area contributed by atoms with E-state index in [1.165, 1.54) is 39.0 Å². The third kappa shape index (κ3) is 2.25. The van der Waals surface area contributed by atoms with E-state index in [-0.39, 0.29) is 0 Å². The van der Waals surface area contributed by atoms with E-state index in [1.54, 1.807) is 0 Å². The number of nitrogens with zero attached hydrogens (tertiary/aromatic N) is 1. The highest BCUT2D eigenvalue weighted by molar-refractivity contribution is 5.93. The van der Waals surface area contributed by atoms with Crippen molar-refractivity contribution in [2.24, 2.45) is 0 Å². The molecule has 0 aliphatic carbocycles. The van der Waals surface area contributed by atoms with E-state index in [1.807, 2.05) is 0 Å². The van der Waals surface area contributed by atoms with Crippen molar-refractivity contribution in [1.29, 1.82) is 0 Å². The van der Waals surface area contributed by atoms with Crippen LogP contribution >= 0.6 is 0 Å². The van der Waals surface area contributed by atoms with Crippen molar-refractivity contribution < 1.29 is 0 Å². The van der Waals surface area contributed by atoms with Crippen molar-refractivity contribution in [3.8, 4) is 16.9 Å². The Bertz CT molecular complexity index is 963. The minimum Gasteiger partial charge on any atom is -0.309 e. The number of fused-ring (bicyclic) bond motifs is 1. The van der Waals surface area contributed by atoms with Crippen molar-refractivity contribution in [1.82, 2.24) is 4.57 Å². The Kier molecular flexibility index (Phi) is 3.27. The minimum absolute atomic E-state index is 1.20. The summed E-state index contributed by atoms with van der Waals surface area (Å²) >= 11 is 0. The summed E-state index contributed by atoms with van der Waals surface area (Å²) in [4.78, 5) is 0. The number of aromatic nitrogens is 1. The second kappa shape index (κ2) is 5.44. The summed E-state index contributed by atoms with van der Waals surface area (Å²) < 4.78 is 2.38. The SMILES string of the molecule is Cc1ccc2c(C)c(-c3ccccc3)n(-c3ccccc3)c2c1. The number of aryl methyl sites for hydroxylation is 2. The van der Waals surface area contributed by atoms with Gasteiger partial charge in [0.1, 0.15) is 0 Å². The van der Waals surface area contributed by atoms with Crippen LogP contribution < -0.4 is 0 Å². The van der Waals surface area contributed by atoms with Crippen LogP contribution in [0.4, 0.5) is 0 Å². The molecule has 4 rings (SSSR count). The summed E-state index contributed by atoms with van der Waals surface area (Å²) in [5, 5.41) is 1.32. The quantitative estimate of drug-likeness (QED) is 0.433. The number of benzene rings is 3. The molecule has 112 valence electrons. The molecule has 0 saturated heterocycles. The van der Waals surface area contributed by atoms with E-state index >= 15 is 0 Å². The molecule has 23 heavy (non-hydrogen) atoms. The van der Waals surface area contributed by atoms with Gasteiger partial charge >= 0.3 is 0 Å². The molecule has 4 aromatic rings. The zero-order valence-electron chi connectivity index (χ0n) is 13.5. The molecule has 3 aromatic carbocycles. The Balaban J connectivity index is 2.15. The van der Waals surface area contributed by atoms with Crippen LogP contribution in [-0.4, -0.2) is 4.57 Å². The molecule has 0 aliphatic rings. The smallest absolute Gasteiger partial charge is 0.0570 e. The minimum atomic E-state index is 1.20. The Morgan fingerprint density at radius 1 is 0.696 bits per heavy atom. The van der Waals surface area contributed by atoms with E-state index in [0.717, 1.165) is 0 Å². The van der Waals surface area contributed by atoms with Crippen molar-refractivity contribution in [2.75, 3.05) is 0 Å². The normalized spacial score (nSPS) is 11.0. The largest absolute Gasteiger partial charge is 0.309 e. The average molecular weight is 297 g/mol. The van der Waals surface area contributed by atoms with Gasteiger partial charge in [-0.2, -0.15) is 0 Å². The van der Waals surface area contributed by atoms with Crippen LogP contribution in [0.25, 0.3) is 27.8 Å². The van der Waals surface area contributed by atoms with Gasteiger partial charge in [0.05, 0.1) is 11.2 Å². The van der Waals surface area contributed by atoms with Gasteiger partial charge in [0, 0.05) is 11.1 Å². The molecule has 0 spiro atoms. The Labute approximate surface area is 136 Å². The summed E-state index contributed by atoms with van der Waals surface area (Å²) in [7, 11) is 0. The summed E-state index contributed by atoms with van der Waals surface area (Å²) in [6.07, 6.45) is 0. The molecule has 0 N–H and O–H groups in total. The number of para-hydroxylation sites is 1. The summed E-state index contributed by atoms with van der Waals surface area (Å²) in [5.74, 6) is 0. The van der Waals surface area contributed by atoms with Crippen molar-refractivity contribution in [3.63, 3.8) is 0 Å². The van der Waals surface area contributed by atoms with Crippen LogP contribution in [0.3, 0.4) is 0 Å². The molecule has 0 unspecified atom stereocenters. The third-order valence-corrected chi connectivity index (χ3v) is 4.44. The van der Waals surface area contributed by atoms with Gasteiger partial charge in [-0.25, -0.2) is 0 Å². The van der Waals surface area contributed by atoms with Gasteiger partial charge in [0.2, 0.25) is 0 Å². The van der Waals surface area contributed by atoms with Crippen LogP contribution in [0.2, 0.25) is 0 Å². The molecular weight excluding hydrogens is 278 g/mol. The van der Waals surface area contributed by atoms with Crippen LogP contribution in [0, 0.1) is 13.8 Å². The van der Waals surface area contributed by atoms with Crippen LogP contribution in [0.15, 0.2) is 78.9 Å². The predicted octanol–water partition coefficient (Wildman–Crippen LogP) is 5.91. The second-order valence-corrected chi connectivity index (χ2v) is 6.03. The first-order valence-corrected chi connectivity index (χ1v) is 7.98. The topological polar surface area (TPSA) is 4.93 Å². The lowest BCUT2D eigenvalue weighted by atomic mass is 10.1. The molecule has 0 fully saturated rings. The molecule has 1 heteroatoms. The fourth-order valence-electron chi connectivity index (χ4n) is 3.35. The monoisotopic (exact) mass is 297 g/mol. The third-order valence-electron chi connectivity index (χ3n) is 4.44. The van der Waals surface area contributed by atoms with Gasteiger partial charge < -0.3 is 4.57 Å². The lowest BCUT2D eigenvalue weighted by molar-refractivity contribution is 1.12. The molecule has 1 heterocycles. The highest BCUT2D eigenvalue weighted by atomic mass is 15.0. The Morgan fingerprint density at radius 2 is 1.35 bits per heavy atom. The highest BCUT2D eigenvalue weighted by Gasteiger charge is 2.16. The van der Waals surface area contributed by atoms with Crippen LogP contribution in [0.5, 0.6) is 0 Å². The predicted molar refractivity (Wildman–Crippen MR) is 98.2 cm³/mol. The fourth-order valence-corrected chi connectivity index (χ4v) is 3.35. The molecular formula is C22H19N. The molecule has 0 bridgehead atoms. The maximum Gasteiger partial charge on any atom is 0.0570 e. The first kappa shape index (κ1) is 13.8.